The predicted molar refractivity (Wildman–Crippen MR) is 89.1 cm³/mol. The second-order valence-corrected chi connectivity index (χ2v) is 5.39. The number of methoxy groups -OCH3 is 1. The largest absolute Gasteiger partial charge is 0.496 e. The Balaban J connectivity index is 1.89. The summed E-state index contributed by atoms with van der Waals surface area (Å²) in [6.45, 7) is 1.62. The molecule has 3 rings (SSSR count). The van der Waals surface area contributed by atoms with E-state index in [9.17, 15) is 4.79 Å². The molecule has 0 spiro atoms. The average Bonchev–Trinajstić information content (AvgIpc) is 2.91. The zero-order valence-electron chi connectivity index (χ0n) is 12.8. The first-order chi connectivity index (χ1) is 10.7. The molecular weight excluding hydrogens is 274 g/mol. The van der Waals surface area contributed by atoms with Crippen molar-refractivity contribution in [3.8, 4) is 5.75 Å². The lowest BCUT2D eigenvalue weighted by Gasteiger charge is -2.21. The highest BCUT2D eigenvalue weighted by Gasteiger charge is 2.29. The standard InChI is InChI=1S/C19H19NO2/c1-14(21)20-17(13-16-8-3-5-9-18(16)20)12-11-15-7-4-6-10-19(15)22-2/h3-12,17H,13H2,1-2H3/b12-11+/t17-/m1/s1. The van der Waals surface area contributed by atoms with Crippen LogP contribution in [-0.4, -0.2) is 19.1 Å². The van der Waals surface area contributed by atoms with Crippen LogP contribution in [-0.2, 0) is 11.2 Å². The maximum atomic E-state index is 12.0. The molecule has 0 saturated carbocycles. The molecule has 1 aliphatic heterocycles. The zero-order chi connectivity index (χ0) is 15.5. The van der Waals surface area contributed by atoms with E-state index in [1.165, 1.54) is 5.56 Å². The van der Waals surface area contributed by atoms with Crippen LogP contribution in [0.25, 0.3) is 6.08 Å². The van der Waals surface area contributed by atoms with Gasteiger partial charge in [-0.25, -0.2) is 0 Å². The van der Waals surface area contributed by atoms with Crippen molar-refractivity contribution in [2.45, 2.75) is 19.4 Å². The number of para-hydroxylation sites is 2. The molecule has 2 aromatic carbocycles. The third-order valence-corrected chi connectivity index (χ3v) is 3.99. The van der Waals surface area contributed by atoms with Gasteiger partial charge in [0.1, 0.15) is 5.75 Å². The van der Waals surface area contributed by atoms with Crippen molar-refractivity contribution in [2.75, 3.05) is 12.0 Å². The Bertz CT molecular complexity index is 721. The lowest BCUT2D eigenvalue weighted by atomic mass is 10.1. The normalized spacial score (nSPS) is 16.8. The maximum Gasteiger partial charge on any atom is 0.224 e. The quantitative estimate of drug-likeness (QED) is 0.864. The van der Waals surface area contributed by atoms with Crippen LogP contribution in [0, 0.1) is 0 Å². The summed E-state index contributed by atoms with van der Waals surface area (Å²) in [5, 5.41) is 0. The average molecular weight is 293 g/mol. The number of benzene rings is 2. The Labute approximate surface area is 130 Å². The number of rotatable bonds is 3. The lowest BCUT2D eigenvalue weighted by molar-refractivity contribution is -0.116. The third kappa shape index (κ3) is 2.62. The Hall–Kier alpha value is -2.55. The summed E-state index contributed by atoms with van der Waals surface area (Å²) in [7, 11) is 1.67. The molecule has 3 nitrogen and oxygen atoms in total. The molecule has 0 saturated heterocycles. The van der Waals surface area contributed by atoms with Crippen LogP contribution in [0.15, 0.2) is 54.6 Å². The van der Waals surface area contributed by atoms with E-state index in [0.717, 1.165) is 23.4 Å². The van der Waals surface area contributed by atoms with Crippen molar-refractivity contribution < 1.29 is 9.53 Å². The molecular formula is C19H19NO2. The fourth-order valence-corrected chi connectivity index (χ4v) is 2.99. The highest BCUT2D eigenvalue weighted by atomic mass is 16.5. The van der Waals surface area contributed by atoms with Crippen molar-refractivity contribution in [3.63, 3.8) is 0 Å². The van der Waals surface area contributed by atoms with Crippen LogP contribution >= 0.6 is 0 Å². The van der Waals surface area contributed by atoms with Gasteiger partial charge in [0.2, 0.25) is 5.91 Å². The van der Waals surface area contributed by atoms with E-state index in [1.807, 2.05) is 53.4 Å². The van der Waals surface area contributed by atoms with Gasteiger partial charge in [-0.3, -0.25) is 4.79 Å². The van der Waals surface area contributed by atoms with Crippen molar-refractivity contribution in [1.82, 2.24) is 0 Å². The highest BCUT2D eigenvalue weighted by molar-refractivity contribution is 5.95. The van der Waals surface area contributed by atoms with Gasteiger partial charge in [-0.15, -0.1) is 0 Å². The van der Waals surface area contributed by atoms with Gasteiger partial charge in [-0.05, 0) is 24.1 Å². The highest BCUT2D eigenvalue weighted by Crippen LogP contribution is 2.33. The van der Waals surface area contributed by atoms with Gasteiger partial charge >= 0.3 is 0 Å². The summed E-state index contributed by atoms with van der Waals surface area (Å²) in [5.74, 6) is 0.906. The smallest absolute Gasteiger partial charge is 0.224 e. The Morgan fingerprint density at radius 2 is 1.91 bits per heavy atom. The molecule has 0 bridgehead atoms. The fourth-order valence-electron chi connectivity index (χ4n) is 2.99. The number of carbonyl (C=O) groups is 1. The SMILES string of the molecule is COc1ccccc1/C=C/[C@@H]1Cc2ccccc2N1C(C)=O. The second-order valence-electron chi connectivity index (χ2n) is 5.39. The number of nitrogens with zero attached hydrogens (tertiary/aromatic N) is 1. The minimum absolute atomic E-state index is 0.0554. The third-order valence-electron chi connectivity index (χ3n) is 3.99. The van der Waals surface area contributed by atoms with E-state index in [2.05, 4.69) is 12.1 Å². The second kappa shape index (κ2) is 6.06. The number of ether oxygens (including phenoxy) is 1. The maximum absolute atomic E-state index is 12.0. The zero-order valence-corrected chi connectivity index (χ0v) is 12.8. The molecule has 112 valence electrons. The van der Waals surface area contributed by atoms with Crippen LogP contribution in [0.2, 0.25) is 0 Å². The first-order valence-electron chi connectivity index (χ1n) is 7.39. The van der Waals surface area contributed by atoms with Gasteiger partial charge in [0.25, 0.3) is 0 Å². The van der Waals surface area contributed by atoms with Crippen molar-refractivity contribution >= 4 is 17.7 Å². The number of carbonyl (C=O) groups excluding carboxylic acids is 1. The summed E-state index contributed by atoms with van der Waals surface area (Å²) in [6.07, 6.45) is 4.96. The molecule has 3 heteroatoms. The van der Waals surface area contributed by atoms with E-state index < -0.39 is 0 Å². The Kier molecular flexibility index (Phi) is 3.96. The van der Waals surface area contributed by atoms with E-state index in [1.54, 1.807) is 14.0 Å². The van der Waals surface area contributed by atoms with Gasteiger partial charge in [0.15, 0.2) is 0 Å². The summed E-state index contributed by atoms with van der Waals surface area (Å²) in [6, 6.07) is 16.0. The van der Waals surface area contributed by atoms with Crippen LogP contribution in [0.5, 0.6) is 5.75 Å². The minimum atomic E-state index is 0.0554. The van der Waals surface area contributed by atoms with E-state index in [0.29, 0.717) is 0 Å². The molecule has 0 aromatic heterocycles. The summed E-state index contributed by atoms with van der Waals surface area (Å²) in [4.78, 5) is 13.9. The molecule has 0 N–H and O–H groups in total. The van der Waals surface area contributed by atoms with Crippen LogP contribution in [0.4, 0.5) is 5.69 Å². The number of amides is 1. The molecule has 1 aliphatic rings. The number of anilines is 1. The Morgan fingerprint density at radius 3 is 2.68 bits per heavy atom. The summed E-state index contributed by atoms with van der Waals surface area (Å²) in [5.41, 5.74) is 3.25. The van der Waals surface area contributed by atoms with E-state index in [-0.39, 0.29) is 11.9 Å². The molecule has 1 heterocycles. The number of hydrogen-bond donors (Lipinski definition) is 0. The van der Waals surface area contributed by atoms with E-state index >= 15 is 0 Å². The Morgan fingerprint density at radius 1 is 1.18 bits per heavy atom. The molecule has 1 atom stereocenters. The van der Waals surface area contributed by atoms with Crippen molar-refractivity contribution in [2.24, 2.45) is 0 Å². The molecule has 0 unspecified atom stereocenters. The molecule has 1 amide bonds. The summed E-state index contributed by atoms with van der Waals surface area (Å²) >= 11 is 0. The van der Waals surface area contributed by atoms with Crippen molar-refractivity contribution in [1.29, 1.82) is 0 Å². The number of fused-ring (bicyclic) bond motifs is 1. The van der Waals surface area contributed by atoms with Gasteiger partial charge in [-0.2, -0.15) is 0 Å². The monoisotopic (exact) mass is 293 g/mol. The van der Waals surface area contributed by atoms with Gasteiger partial charge in [0, 0.05) is 18.2 Å². The minimum Gasteiger partial charge on any atom is -0.496 e. The molecule has 0 radical (unpaired) electrons. The number of hydrogen-bond acceptors (Lipinski definition) is 2. The molecule has 0 aliphatic carbocycles. The summed E-state index contributed by atoms with van der Waals surface area (Å²) < 4.78 is 5.36. The van der Waals surface area contributed by atoms with E-state index in [4.69, 9.17) is 4.74 Å². The molecule has 2 aromatic rings. The van der Waals surface area contributed by atoms with Crippen molar-refractivity contribution in [3.05, 3.63) is 65.7 Å². The van der Waals surface area contributed by atoms with Crippen LogP contribution < -0.4 is 9.64 Å². The predicted octanol–water partition coefficient (Wildman–Crippen LogP) is 3.69. The lowest BCUT2D eigenvalue weighted by Crippen LogP contribution is -2.34. The first kappa shape index (κ1) is 14.4. The van der Waals surface area contributed by atoms with Gasteiger partial charge < -0.3 is 9.64 Å². The van der Waals surface area contributed by atoms with Crippen LogP contribution in [0.3, 0.4) is 0 Å². The van der Waals surface area contributed by atoms with Crippen LogP contribution in [0.1, 0.15) is 18.1 Å². The topological polar surface area (TPSA) is 29.5 Å². The van der Waals surface area contributed by atoms with Gasteiger partial charge in [0.05, 0.1) is 13.2 Å². The fraction of sp³-hybridized carbons (Fsp3) is 0.211. The molecule has 22 heavy (non-hydrogen) atoms. The van der Waals surface area contributed by atoms with Gasteiger partial charge in [-0.1, -0.05) is 48.6 Å². The first-order valence-corrected chi connectivity index (χ1v) is 7.39. The molecule has 0 fully saturated rings.